The summed E-state index contributed by atoms with van der Waals surface area (Å²) in [5.41, 5.74) is 4.36. The molecule has 0 bridgehead atoms. The SMILES string of the molecule is COc1cc(/C=C/C(=O)Nc2sc(=S)c3c(c2C#N)CCC(C)C3)ccc1OCc1ccc(Cl)cc1. The van der Waals surface area contributed by atoms with Crippen molar-refractivity contribution in [3.8, 4) is 17.6 Å². The topological polar surface area (TPSA) is 71.3 Å². The Balaban J connectivity index is 1.46. The van der Waals surface area contributed by atoms with Crippen LogP contribution in [0.25, 0.3) is 6.08 Å². The van der Waals surface area contributed by atoms with Crippen LogP contribution in [-0.2, 0) is 24.2 Å². The highest BCUT2D eigenvalue weighted by atomic mass is 35.5. The van der Waals surface area contributed by atoms with Crippen molar-refractivity contribution < 1.29 is 14.3 Å². The van der Waals surface area contributed by atoms with Gasteiger partial charge in [0.1, 0.15) is 17.7 Å². The van der Waals surface area contributed by atoms with E-state index in [2.05, 4.69) is 18.3 Å². The third-order valence-electron chi connectivity index (χ3n) is 6.04. The van der Waals surface area contributed by atoms with Crippen LogP contribution in [0.15, 0.2) is 48.5 Å². The molecule has 1 heterocycles. The van der Waals surface area contributed by atoms with Gasteiger partial charge in [-0.2, -0.15) is 5.26 Å². The number of hydrogen-bond acceptors (Lipinski definition) is 6. The molecule has 3 aromatic rings. The zero-order valence-electron chi connectivity index (χ0n) is 20.0. The molecule has 1 atom stereocenters. The van der Waals surface area contributed by atoms with E-state index >= 15 is 0 Å². The summed E-state index contributed by atoms with van der Waals surface area (Å²) >= 11 is 12.8. The molecular formula is C28H25ClN2O3S2. The molecule has 1 N–H and O–H groups in total. The lowest BCUT2D eigenvalue weighted by Gasteiger charge is -2.23. The first-order valence-corrected chi connectivity index (χ1v) is 13.1. The number of nitrogens with one attached hydrogen (secondary N) is 1. The number of carbonyl (C=O) groups excluding carboxylic acids is 1. The number of rotatable bonds is 7. The van der Waals surface area contributed by atoms with Gasteiger partial charge in [0.05, 0.1) is 16.5 Å². The highest BCUT2D eigenvalue weighted by molar-refractivity contribution is 7.73. The van der Waals surface area contributed by atoms with Crippen molar-refractivity contribution in [2.24, 2.45) is 5.92 Å². The largest absolute Gasteiger partial charge is 0.493 e. The molecule has 0 radical (unpaired) electrons. The number of amides is 1. The Morgan fingerprint density at radius 3 is 2.75 bits per heavy atom. The molecule has 184 valence electrons. The van der Waals surface area contributed by atoms with Crippen LogP contribution in [-0.4, -0.2) is 13.0 Å². The zero-order chi connectivity index (χ0) is 25.7. The monoisotopic (exact) mass is 536 g/mol. The minimum absolute atomic E-state index is 0.330. The second-order valence-corrected chi connectivity index (χ2v) is 10.8. The predicted molar refractivity (Wildman–Crippen MR) is 147 cm³/mol. The van der Waals surface area contributed by atoms with Gasteiger partial charge < -0.3 is 14.8 Å². The summed E-state index contributed by atoms with van der Waals surface area (Å²) in [6, 6.07) is 15.2. The molecule has 5 nitrogen and oxygen atoms in total. The molecule has 0 saturated carbocycles. The zero-order valence-corrected chi connectivity index (χ0v) is 22.4. The maximum absolute atomic E-state index is 12.7. The summed E-state index contributed by atoms with van der Waals surface area (Å²) in [5.74, 6) is 1.37. The van der Waals surface area contributed by atoms with E-state index in [1.54, 1.807) is 25.3 Å². The first-order valence-electron chi connectivity index (χ1n) is 11.5. The van der Waals surface area contributed by atoms with Crippen molar-refractivity contribution in [1.82, 2.24) is 0 Å². The average molecular weight is 537 g/mol. The van der Waals surface area contributed by atoms with Crippen molar-refractivity contribution in [2.75, 3.05) is 12.4 Å². The lowest BCUT2D eigenvalue weighted by Crippen LogP contribution is -2.15. The average Bonchev–Trinajstić information content (AvgIpc) is 2.88. The Morgan fingerprint density at radius 2 is 2.03 bits per heavy atom. The minimum atomic E-state index is -0.330. The van der Waals surface area contributed by atoms with Crippen molar-refractivity contribution in [3.63, 3.8) is 0 Å². The normalized spacial score (nSPS) is 14.7. The maximum atomic E-state index is 12.7. The summed E-state index contributed by atoms with van der Waals surface area (Å²) < 4.78 is 12.1. The quantitative estimate of drug-likeness (QED) is 0.252. The van der Waals surface area contributed by atoms with Gasteiger partial charge in [0.25, 0.3) is 0 Å². The molecule has 1 amide bonds. The molecule has 0 fully saturated rings. The third kappa shape index (κ3) is 6.14. The number of nitrogens with zero attached hydrogens (tertiary/aromatic N) is 1. The van der Waals surface area contributed by atoms with E-state index in [0.29, 0.717) is 39.6 Å². The number of fused-ring (bicyclic) bond motifs is 1. The minimum Gasteiger partial charge on any atom is -0.493 e. The van der Waals surface area contributed by atoms with E-state index in [1.807, 2.05) is 30.3 Å². The third-order valence-corrected chi connectivity index (χ3v) is 7.74. The molecule has 8 heteroatoms. The highest BCUT2D eigenvalue weighted by Crippen LogP contribution is 2.36. The number of hydrogen-bond donors (Lipinski definition) is 1. The fraction of sp³-hybridized carbons (Fsp3) is 0.250. The van der Waals surface area contributed by atoms with Crippen molar-refractivity contribution in [1.29, 1.82) is 5.26 Å². The van der Waals surface area contributed by atoms with E-state index in [-0.39, 0.29) is 5.91 Å². The van der Waals surface area contributed by atoms with E-state index in [9.17, 15) is 10.1 Å². The van der Waals surface area contributed by atoms with Gasteiger partial charge in [-0.25, -0.2) is 0 Å². The molecule has 1 unspecified atom stereocenters. The molecule has 4 rings (SSSR count). The molecule has 0 saturated heterocycles. The number of halogens is 1. The number of carbonyl (C=O) groups is 1. The number of methoxy groups -OCH3 is 1. The van der Waals surface area contributed by atoms with Gasteiger partial charge in [-0.3, -0.25) is 4.79 Å². The molecule has 1 aromatic heterocycles. The number of nitriles is 1. The number of ether oxygens (including phenoxy) is 2. The molecule has 1 aliphatic rings. The standard InChI is InChI=1S/C28H25ClN2O3S2/c1-17-3-10-21-22(13-17)28(35)36-27(23(21)15-30)31-26(32)12-7-18-6-11-24(25(14-18)33-2)34-16-19-4-8-20(29)9-5-19/h4-9,11-12,14,17H,3,10,13,16H2,1-2H3,(H,31,32)/b12-7+. The van der Waals surface area contributed by atoms with Crippen molar-refractivity contribution >= 4 is 52.1 Å². The molecule has 36 heavy (non-hydrogen) atoms. The van der Waals surface area contributed by atoms with Gasteiger partial charge in [-0.15, -0.1) is 11.3 Å². The fourth-order valence-electron chi connectivity index (χ4n) is 4.12. The Kier molecular flexibility index (Phi) is 8.42. The van der Waals surface area contributed by atoms with Gasteiger partial charge in [0.15, 0.2) is 11.5 Å². The van der Waals surface area contributed by atoms with Crippen molar-refractivity contribution in [2.45, 2.75) is 32.8 Å². The smallest absolute Gasteiger partial charge is 0.249 e. The van der Waals surface area contributed by atoms with E-state index in [4.69, 9.17) is 33.3 Å². The van der Waals surface area contributed by atoms with Gasteiger partial charge in [0.2, 0.25) is 5.91 Å². The second-order valence-electron chi connectivity index (χ2n) is 8.66. The van der Waals surface area contributed by atoms with Gasteiger partial charge in [-0.1, -0.05) is 48.9 Å². The maximum Gasteiger partial charge on any atom is 0.249 e. The van der Waals surface area contributed by atoms with Gasteiger partial charge in [0, 0.05) is 11.1 Å². The summed E-state index contributed by atoms with van der Waals surface area (Å²) in [5, 5.41) is 13.8. The Hall–Kier alpha value is -3.18. The van der Waals surface area contributed by atoms with Crippen LogP contribution in [0.4, 0.5) is 5.00 Å². The Bertz CT molecular complexity index is 1410. The molecule has 0 aliphatic heterocycles. The summed E-state index contributed by atoms with van der Waals surface area (Å²) in [6.45, 7) is 2.57. The van der Waals surface area contributed by atoms with Gasteiger partial charge in [-0.05, 0) is 77.8 Å². The van der Waals surface area contributed by atoms with Crippen LogP contribution in [0.5, 0.6) is 11.5 Å². The van der Waals surface area contributed by atoms with Gasteiger partial charge >= 0.3 is 0 Å². The van der Waals surface area contributed by atoms with Crippen LogP contribution < -0.4 is 14.8 Å². The molecule has 0 spiro atoms. The van der Waals surface area contributed by atoms with Crippen LogP contribution in [0.1, 0.15) is 41.2 Å². The Labute approximate surface area is 225 Å². The molecular weight excluding hydrogens is 512 g/mol. The molecule has 2 aromatic carbocycles. The highest BCUT2D eigenvalue weighted by Gasteiger charge is 2.23. The van der Waals surface area contributed by atoms with E-state index in [1.165, 1.54) is 17.4 Å². The van der Waals surface area contributed by atoms with Crippen LogP contribution in [0.3, 0.4) is 0 Å². The molecule has 1 aliphatic carbocycles. The summed E-state index contributed by atoms with van der Waals surface area (Å²) in [4.78, 5) is 12.7. The Morgan fingerprint density at radius 1 is 1.25 bits per heavy atom. The van der Waals surface area contributed by atoms with Crippen molar-refractivity contribution in [3.05, 3.63) is 85.2 Å². The summed E-state index contributed by atoms with van der Waals surface area (Å²) in [6.07, 6.45) is 5.82. The van der Waals surface area contributed by atoms with E-state index in [0.717, 1.165) is 45.3 Å². The predicted octanol–water partition coefficient (Wildman–Crippen LogP) is 7.37. The van der Waals surface area contributed by atoms with Crippen LogP contribution in [0.2, 0.25) is 5.02 Å². The lowest BCUT2D eigenvalue weighted by molar-refractivity contribution is -0.111. The second kappa shape index (κ2) is 11.7. The first-order chi connectivity index (χ1) is 17.4. The first kappa shape index (κ1) is 25.9. The lowest BCUT2D eigenvalue weighted by atomic mass is 9.85. The fourth-order valence-corrected chi connectivity index (χ4v) is 5.64. The summed E-state index contributed by atoms with van der Waals surface area (Å²) in [7, 11) is 1.57. The van der Waals surface area contributed by atoms with E-state index < -0.39 is 0 Å². The number of benzene rings is 2. The van der Waals surface area contributed by atoms with Crippen LogP contribution in [0, 0.1) is 21.1 Å². The number of anilines is 1. The van der Waals surface area contributed by atoms with Crippen LogP contribution >= 0.6 is 35.2 Å².